The average molecular weight is 205 g/mol. The summed E-state index contributed by atoms with van der Waals surface area (Å²) in [4.78, 5) is 10.5. The summed E-state index contributed by atoms with van der Waals surface area (Å²) < 4.78 is 0. The normalized spacial score (nSPS) is 10.3. The molecule has 0 atom stereocenters. The van der Waals surface area contributed by atoms with Gasteiger partial charge in [-0.2, -0.15) is 0 Å². The maximum atomic E-state index is 4.17. The van der Waals surface area contributed by atoms with Gasteiger partial charge in [-0.1, -0.05) is 27.7 Å². The molecule has 1 rings (SSSR count). The molecule has 0 aromatic carbocycles. The molecule has 0 aliphatic heterocycles. The average Bonchev–Trinajstić information content (AvgIpc) is 2.37. The quantitative estimate of drug-likeness (QED) is 0.573. The zero-order valence-electron chi connectivity index (χ0n) is 9.15. The predicted octanol–water partition coefficient (Wildman–Crippen LogP) is -1.33. The van der Waals surface area contributed by atoms with Gasteiger partial charge in [0.05, 0.1) is 0 Å². The Bertz CT molecular complexity index is 211. The van der Waals surface area contributed by atoms with Gasteiger partial charge in [-0.15, -0.1) is 0 Å². The zero-order chi connectivity index (χ0) is 9.14. The molecule has 1 aromatic rings. The Hall–Kier alpha value is 0.646. The van der Waals surface area contributed by atoms with E-state index in [2.05, 4.69) is 42.6 Å². The van der Waals surface area contributed by atoms with E-state index in [4.69, 9.17) is 0 Å². The number of anilines is 1. The first-order valence-corrected chi connectivity index (χ1v) is 4.35. The summed E-state index contributed by atoms with van der Waals surface area (Å²) in [6.45, 7) is 8.60. The Labute approximate surface area is 123 Å². The molecule has 0 aliphatic rings. The molecule has 0 unspecified atom stereocenters. The van der Waals surface area contributed by atoms with Crippen molar-refractivity contribution in [3.8, 4) is 0 Å². The molecule has 68 valence electrons. The van der Waals surface area contributed by atoms with Gasteiger partial charge in [-0.05, 0) is 24.5 Å². The van der Waals surface area contributed by atoms with Gasteiger partial charge in [0.2, 0.25) is 0 Å². The van der Waals surface area contributed by atoms with Crippen LogP contribution in [0.1, 0.15) is 27.7 Å². The molecule has 4 heteroatoms. The van der Waals surface area contributed by atoms with Crippen LogP contribution in [-0.4, -0.2) is 17.1 Å². The summed E-state index contributed by atoms with van der Waals surface area (Å²) in [6, 6.07) is 0.903. The summed E-state index contributed by atoms with van der Waals surface area (Å²) in [5, 5.41) is 0. The topological polar surface area (TPSA) is 30.2 Å². The van der Waals surface area contributed by atoms with E-state index in [0.29, 0.717) is 12.1 Å². The van der Waals surface area contributed by atoms with Crippen molar-refractivity contribution in [2.24, 2.45) is 0 Å². The van der Waals surface area contributed by atoms with Gasteiger partial charge in [0.25, 0.3) is 0 Å². The standard InChI is InChI=1S/C9H16N3.K/c1-7(2)12(8(3)4)9-10-5-6-11-9;/h5-8H,1-4H3;/q-1;+1. The van der Waals surface area contributed by atoms with E-state index in [-0.39, 0.29) is 51.4 Å². The van der Waals surface area contributed by atoms with E-state index in [1.54, 1.807) is 12.4 Å². The van der Waals surface area contributed by atoms with Gasteiger partial charge < -0.3 is 14.9 Å². The molecule has 0 fully saturated rings. The van der Waals surface area contributed by atoms with Crippen LogP contribution in [0, 0.1) is 0 Å². The molecule has 0 N–H and O–H groups in total. The van der Waals surface area contributed by atoms with E-state index in [1.165, 1.54) is 0 Å². The van der Waals surface area contributed by atoms with E-state index in [1.807, 2.05) is 0 Å². The summed E-state index contributed by atoms with van der Waals surface area (Å²) in [5.74, 6) is 0.833. The molecular weight excluding hydrogens is 189 g/mol. The number of rotatable bonds is 3. The predicted molar refractivity (Wildman–Crippen MR) is 50.3 cm³/mol. The second kappa shape index (κ2) is 6.19. The van der Waals surface area contributed by atoms with Gasteiger partial charge in [0.15, 0.2) is 0 Å². The van der Waals surface area contributed by atoms with Crippen molar-refractivity contribution in [2.45, 2.75) is 39.8 Å². The van der Waals surface area contributed by atoms with Crippen molar-refractivity contribution >= 4 is 5.95 Å². The molecule has 0 aliphatic carbocycles. The van der Waals surface area contributed by atoms with E-state index >= 15 is 0 Å². The molecule has 0 bridgehead atoms. The van der Waals surface area contributed by atoms with E-state index in [0.717, 1.165) is 5.95 Å². The van der Waals surface area contributed by atoms with Gasteiger partial charge in [-0.3, -0.25) is 0 Å². The van der Waals surface area contributed by atoms with Crippen molar-refractivity contribution < 1.29 is 51.4 Å². The van der Waals surface area contributed by atoms with Crippen LogP contribution < -0.4 is 61.3 Å². The summed E-state index contributed by atoms with van der Waals surface area (Å²) >= 11 is 0. The van der Waals surface area contributed by atoms with E-state index < -0.39 is 0 Å². The van der Waals surface area contributed by atoms with Crippen LogP contribution in [0.4, 0.5) is 5.95 Å². The van der Waals surface area contributed by atoms with Crippen LogP contribution in [0.5, 0.6) is 0 Å². The number of nitrogens with zero attached hydrogens (tertiary/aromatic N) is 3. The first-order chi connectivity index (χ1) is 5.63. The van der Waals surface area contributed by atoms with Crippen LogP contribution in [0.25, 0.3) is 0 Å². The van der Waals surface area contributed by atoms with Crippen molar-refractivity contribution in [2.75, 3.05) is 4.90 Å². The van der Waals surface area contributed by atoms with Gasteiger partial charge in [0, 0.05) is 5.95 Å². The Morgan fingerprint density at radius 2 is 1.77 bits per heavy atom. The van der Waals surface area contributed by atoms with Gasteiger partial charge in [0.1, 0.15) is 0 Å². The molecule has 0 saturated carbocycles. The third-order valence-corrected chi connectivity index (χ3v) is 1.79. The third-order valence-electron chi connectivity index (χ3n) is 1.79. The van der Waals surface area contributed by atoms with E-state index in [9.17, 15) is 0 Å². The van der Waals surface area contributed by atoms with Crippen molar-refractivity contribution in [1.29, 1.82) is 0 Å². The maximum absolute atomic E-state index is 4.17. The molecule has 0 spiro atoms. The minimum Gasteiger partial charge on any atom is -0.421 e. The number of aromatic nitrogens is 2. The summed E-state index contributed by atoms with van der Waals surface area (Å²) in [7, 11) is 0. The Balaban J connectivity index is 0.00000144. The molecule has 0 saturated heterocycles. The number of hydrogen-bond donors (Lipinski definition) is 0. The van der Waals surface area contributed by atoms with Crippen molar-refractivity contribution in [1.82, 2.24) is 9.97 Å². The van der Waals surface area contributed by atoms with Crippen LogP contribution in [0.15, 0.2) is 12.4 Å². The van der Waals surface area contributed by atoms with Crippen LogP contribution in [0.3, 0.4) is 0 Å². The number of imidazole rings is 1. The fourth-order valence-electron chi connectivity index (χ4n) is 1.42. The molecular formula is C9H16KN3. The second-order valence-corrected chi connectivity index (χ2v) is 3.45. The maximum Gasteiger partial charge on any atom is 1.00 e. The SMILES string of the molecule is CC(C)N(c1ncc[n-]1)C(C)C.[K+]. The Morgan fingerprint density at radius 3 is 2.08 bits per heavy atom. The van der Waals surface area contributed by atoms with Gasteiger partial charge >= 0.3 is 51.4 Å². The summed E-state index contributed by atoms with van der Waals surface area (Å²) in [6.07, 6.45) is 3.46. The van der Waals surface area contributed by atoms with Crippen LogP contribution in [-0.2, 0) is 0 Å². The molecule has 1 heterocycles. The molecule has 0 amide bonds. The molecule has 1 aromatic heterocycles. The second-order valence-electron chi connectivity index (χ2n) is 3.45. The third kappa shape index (κ3) is 3.71. The first-order valence-electron chi connectivity index (χ1n) is 4.35. The monoisotopic (exact) mass is 205 g/mol. The van der Waals surface area contributed by atoms with Crippen LogP contribution in [0.2, 0.25) is 0 Å². The molecule has 0 radical (unpaired) electrons. The van der Waals surface area contributed by atoms with Crippen molar-refractivity contribution in [3.05, 3.63) is 12.4 Å². The minimum atomic E-state index is 0. The molecule has 3 nitrogen and oxygen atoms in total. The first kappa shape index (κ1) is 13.6. The summed E-state index contributed by atoms with van der Waals surface area (Å²) in [5.41, 5.74) is 0. The number of hydrogen-bond acceptors (Lipinski definition) is 2. The smallest absolute Gasteiger partial charge is 0.421 e. The molecule has 13 heavy (non-hydrogen) atoms. The van der Waals surface area contributed by atoms with Crippen molar-refractivity contribution in [3.63, 3.8) is 0 Å². The fourth-order valence-corrected chi connectivity index (χ4v) is 1.42. The minimum absolute atomic E-state index is 0. The Morgan fingerprint density at radius 1 is 1.23 bits per heavy atom. The zero-order valence-corrected chi connectivity index (χ0v) is 12.3. The largest absolute Gasteiger partial charge is 1.00 e. The Kier molecular flexibility index (Phi) is 6.50. The fraction of sp³-hybridized carbons (Fsp3) is 0.667. The van der Waals surface area contributed by atoms with Gasteiger partial charge in [-0.25, -0.2) is 0 Å². The van der Waals surface area contributed by atoms with Crippen LogP contribution >= 0.6 is 0 Å².